The summed E-state index contributed by atoms with van der Waals surface area (Å²) < 4.78 is 21.3. The van der Waals surface area contributed by atoms with Crippen LogP contribution in [0.1, 0.15) is 26.2 Å². The van der Waals surface area contributed by atoms with Gasteiger partial charge in [0.05, 0.1) is 0 Å². The highest BCUT2D eigenvalue weighted by atomic mass is 32.2. The van der Waals surface area contributed by atoms with Crippen molar-refractivity contribution in [1.29, 1.82) is 0 Å². The molecule has 0 aromatic rings. The van der Waals surface area contributed by atoms with Gasteiger partial charge in [-0.1, -0.05) is 19.8 Å². The Kier molecular flexibility index (Phi) is 5.83. The molecule has 0 aromatic heterocycles. The molecule has 66 valence electrons. The number of nitrogens with zero attached hydrogens (tertiary/aromatic N) is 1. The number of rotatable bonds is 6. The number of amides is 1. The molecule has 0 saturated heterocycles. The average Bonchev–Trinajstić information content (AvgIpc) is 1.97. The lowest BCUT2D eigenvalue weighted by Gasteiger charge is -2.06. The van der Waals surface area contributed by atoms with Crippen LogP contribution in [0, 0.1) is 0 Å². The highest BCUT2D eigenvalue weighted by Crippen LogP contribution is 1.95. The summed E-state index contributed by atoms with van der Waals surface area (Å²) in [7, 11) is -2.72. The van der Waals surface area contributed by atoms with Gasteiger partial charge in [-0.15, -0.1) is 0 Å². The van der Waals surface area contributed by atoms with Gasteiger partial charge in [0, 0.05) is 6.54 Å². The third-order valence-corrected chi connectivity index (χ3v) is 2.04. The molecule has 11 heavy (non-hydrogen) atoms. The molecule has 1 amide bonds. The van der Waals surface area contributed by atoms with Gasteiger partial charge in [0.1, 0.15) is 0 Å². The summed E-state index contributed by atoms with van der Waals surface area (Å²) in [4.78, 5) is 10.1. The Balaban J connectivity index is 3.61. The first-order valence-corrected chi connectivity index (χ1v) is 4.71. The molecule has 4 nitrogen and oxygen atoms in total. The zero-order chi connectivity index (χ0) is 8.69. The minimum Gasteiger partial charge on any atom is -0.278 e. The van der Waals surface area contributed by atoms with E-state index in [2.05, 4.69) is 0 Å². The van der Waals surface area contributed by atoms with Crippen LogP contribution in [-0.2, 0) is 15.7 Å². The lowest BCUT2D eigenvalue weighted by Crippen LogP contribution is -2.20. The number of hydrogen-bond acceptors (Lipinski definition) is 3. The molecule has 0 aliphatic heterocycles. The molecule has 0 fully saturated rings. The van der Waals surface area contributed by atoms with E-state index < -0.39 is 10.9 Å². The first-order chi connectivity index (χ1) is 5.22. The van der Waals surface area contributed by atoms with Crippen molar-refractivity contribution in [3.8, 4) is 0 Å². The van der Waals surface area contributed by atoms with Crippen molar-refractivity contribution in [3.63, 3.8) is 0 Å². The number of thiol groups is 1. The number of hydrogen-bond donors (Lipinski definition) is 1. The quantitative estimate of drug-likeness (QED) is 0.359. The number of unbranched alkanes of at least 4 members (excludes halogenated alkanes) is 2. The third kappa shape index (κ3) is 4.78. The van der Waals surface area contributed by atoms with Gasteiger partial charge in [-0.05, 0) is 6.42 Å². The number of carbonyl (C=O) groups excluding carboxylic acids is 1. The van der Waals surface area contributed by atoms with Gasteiger partial charge in [0.15, 0.2) is 0 Å². The molecular formula is C6H13NO3S. The summed E-state index contributed by atoms with van der Waals surface area (Å²) in [6.45, 7) is 2.33. The van der Waals surface area contributed by atoms with Crippen molar-refractivity contribution in [3.05, 3.63) is 0 Å². The van der Waals surface area contributed by atoms with E-state index >= 15 is 0 Å². The van der Waals surface area contributed by atoms with Crippen LogP contribution in [-0.4, -0.2) is 25.7 Å². The summed E-state index contributed by atoms with van der Waals surface area (Å²) in [5.74, 6) is 0. The van der Waals surface area contributed by atoms with E-state index in [4.69, 9.17) is 0 Å². The molecule has 0 bridgehead atoms. The second kappa shape index (κ2) is 6.15. The maximum atomic E-state index is 10.3. The van der Waals surface area contributed by atoms with Gasteiger partial charge in [-0.2, -0.15) is 0 Å². The molecule has 0 spiro atoms. The van der Waals surface area contributed by atoms with Crippen LogP contribution < -0.4 is 0 Å². The SMILES string of the molecule is CCCCCN(C=O)[SH](=O)=O. The molecule has 0 aliphatic rings. The maximum absolute atomic E-state index is 10.3. The highest BCUT2D eigenvalue weighted by molar-refractivity contribution is 7.70. The molecule has 0 atom stereocenters. The maximum Gasteiger partial charge on any atom is 0.226 e. The molecule has 5 heteroatoms. The number of carbonyl (C=O) groups is 1. The molecule has 0 rings (SSSR count). The predicted octanol–water partition coefficient (Wildman–Crippen LogP) is 0.161. The Morgan fingerprint density at radius 2 is 2.00 bits per heavy atom. The summed E-state index contributed by atoms with van der Waals surface area (Å²) in [5.41, 5.74) is 0. The average molecular weight is 179 g/mol. The molecular weight excluding hydrogens is 166 g/mol. The zero-order valence-corrected chi connectivity index (χ0v) is 7.42. The van der Waals surface area contributed by atoms with Crippen LogP contribution >= 0.6 is 0 Å². The van der Waals surface area contributed by atoms with Crippen LogP contribution in [0.15, 0.2) is 0 Å². The van der Waals surface area contributed by atoms with Crippen molar-refractivity contribution < 1.29 is 13.2 Å². The Labute approximate surface area is 68.3 Å². The van der Waals surface area contributed by atoms with Crippen LogP contribution in [0.2, 0.25) is 0 Å². The fraction of sp³-hybridized carbons (Fsp3) is 0.833. The molecule has 0 N–H and O–H groups in total. The molecule has 0 aliphatic carbocycles. The zero-order valence-electron chi connectivity index (χ0n) is 6.52. The van der Waals surface area contributed by atoms with E-state index in [1.807, 2.05) is 6.92 Å². The second-order valence-corrected chi connectivity index (χ2v) is 3.20. The predicted molar refractivity (Wildman–Crippen MR) is 42.6 cm³/mol. The largest absolute Gasteiger partial charge is 0.278 e. The fourth-order valence-electron chi connectivity index (χ4n) is 0.697. The van der Waals surface area contributed by atoms with Crippen molar-refractivity contribution in [2.45, 2.75) is 26.2 Å². The van der Waals surface area contributed by atoms with Crippen LogP contribution in [0.5, 0.6) is 0 Å². The van der Waals surface area contributed by atoms with Crippen LogP contribution in [0.4, 0.5) is 0 Å². The minimum atomic E-state index is -2.72. The Morgan fingerprint density at radius 1 is 1.36 bits per heavy atom. The highest BCUT2D eigenvalue weighted by Gasteiger charge is 2.00. The van der Waals surface area contributed by atoms with E-state index in [9.17, 15) is 13.2 Å². The summed E-state index contributed by atoms with van der Waals surface area (Å²) >= 11 is 0. The Morgan fingerprint density at radius 3 is 2.36 bits per heavy atom. The molecule has 0 unspecified atom stereocenters. The smallest absolute Gasteiger partial charge is 0.226 e. The first kappa shape index (κ1) is 10.4. The van der Waals surface area contributed by atoms with Crippen LogP contribution in [0.3, 0.4) is 0 Å². The van der Waals surface area contributed by atoms with Crippen molar-refractivity contribution in [1.82, 2.24) is 4.31 Å². The summed E-state index contributed by atoms with van der Waals surface area (Å²) in [6.07, 6.45) is 3.07. The first-order valence-electron chi connectivity index (χ1n) is 3.58. The minimum absolute atomic E-state index is 0.316. The standard InChI is InChI=1S/C6H13NO3S/c1-2-3-4-5-7(6-8)11(9)10/h6,11H,2-5H2,1H3. The normalized spacial score (nSPS) is 10.0. The van der Waals surface area contributed by atoms with E-state index in [0.29, 0.717) is 13.0 Å². The van der Waals surface area contributed by atoms with Gasteiger partial charge in [0.25, 0.3) is 0 Å². The monoisotopic (exact) mass is 179 g/mol. The lowest BCUT2D eigenvalue weighted by molar-refractivity contribution is -0.114. The van der Waals surface area contributed by atoms with Crippen molar-refractivity contribution in [2.75, 3.05) is 6.54 Å². The van der Waals surface area contributed by atoms with E-state index in [0.717, 1.165) is 23.6 Å². The Hall–Kier alpha value is -0.580. The second-order valence-electron chi connectivity index (χ2n) is 2.21. The van der Waals surface area contributed by atoms with Gasteiger partial charge in [-0.25, -0.2) is 12.7 Å². The Bertz CT molecular complexity index is 171. The van der Waals surface area contributed by atoms with Gasteiger partial charge in [-0.3, -0.25) is 4.79 Å². The van der Waals surface area contributed by atoms with E-state index in [-0.39, 0.29) is 0 Å². The van der Waals surface area contributed by atoms with Gasteiger partial charge in [0.2, 0.25) is 17.3 Å². The molecule has 0 saturated carbocycles. The van der Waals surface area contributed by atoms with Crippen LogP contribution in [0.25, 0.3) is 0 Å². The lowest BCUT2D eigenvalue weighted by atomic mass is 10.2. The van der Waals surface area contributed by atoms with Crippen molar-refractivity contribution >= 4 is 17.3 Å². The van der Waals surface area contributed by atoms with E-state index in [1.54, 1.807) is 0 Å². The topological polar surface area (TPSA) is 54.5 Å². The summed E-state index contributed by atoms with van der Waals surface area (Å²) in [5, 5.41) is 0. The van der Waals surface area contributed by atoms with Crippen molar-refractivity contribution in [2.24, 2.45) is 0 Å². The van der Waals surface area contributed by atoms with E-state index in [1.165, 1.54) is 0 Å². The third-order valence-electron chi connectivity index (χ3n) is 1.32. The molecule has 0 radical (unpaired) electrons. The molecule has 0 aromatic carbocycles. The molecule has 0 heterocycles. The summed E-state index contributed by atoms with van der Waals surface area (Å²) in [6, 6.07) is 0. The van der Waals surface area contributed by atoms with Gasteiger partial charge < -0.3 is 0 Å². The fourth-order valence-corrected chi connectivity index (χ4v) is 1.08. The van der Waals surface area contributed by atoms with Gasteiger partial charge >= 0.3 is 0 Å².